The Morgan fingerprint density at radius 2 is 1.91 bits per heavy atom. The molecule has 8 heteroatoms. The Bertz CT molecular complexity index is 1150. The van der Waals surface area contributed by atoms with Gasteiger partial charge in [0.2, 0.25) is 0 Å². The van der Waals surface area contributed by atoms with Crippen LogP contribution in [-0.2, 0) is 0 Å². The molecule has 1 aromatic heterocycles. The standard InChI is InChI=1S/C26H29FN2O4.ClH/c1-16(30)17-4-9-23(25(14-17)31-2)32-11-3-10-29-20-6-7-21(29)13-18(12-20)26-22-8-5-19(27)15-24(22)33-28-26;/h4-5,8-9,14-15,18,20-21H,3,6-7,10-13H2,1-2H3;1H. The second-order valence-corrected chi connectivity index (χ2v) is 9.12. The highest BCUT2D eigenvalue weighted by molar-refractivity contribution is 5.94. The van der Waals surface area contributed by atoms with E-state index < -0.39 is 0 Å². The number of fused-ring (bicyclic) bond motifs is 3. The Balaban J connectivity index is 0.00000274. The molecule has 3 aromatic rings. The monoisotopic (exact) mass is 488 g/mol. The number of carbonyl (C=O) groups is 1. The fourth-order valence-corrected chi connectivity index (χ4v) is 5.52. The summed E-state index contributed by atoms with van der Waals surface area (Å²) >= 11 is 0. The van der Waals surface area contributed by atoms with Crippen LogP contribution in [0.3, 0.4) is 0 Å². The largest absolute Gasteiger partial charge is 0.493 e. The van der Waals surface area contributed by atoms with E-state index in [0.717, 1.165) is 36.9 Å². The first kappa shape index (κ1) is 24.5. The molecule has 0 amide bonds. The molecular weight excluding hydrogens is 459 g/mol. The SMILES string of the molecule is COc1cc(C(C)=O)ccc1OCCCN1C2CCC1CC(c1noc3cc(F)ccc13)C2.Cl. The van der Waals surface area contributed by atoms with E-state index in [2.05, 4.69) is 10.1 Å². The van der Waals surface area contributed by atoms with Gasteiger partial charge in [0.05, 0.1) is 19.4 Å². The van der Waals surface area contributed by atoms with E-state index in [1.54, 1.807) is 31.4 Å². The lowest BCUT2D eigenvalue weighted by molar-refractivity contribution is 0.101. The summed E-state index contributed by atoms with van der Waals surface area (Å²) in [6.45, 7) is 3.12. The van der Waals surface area contributed by atoms with E-state index in [9.17, 15) is 9.18 Å². The van der Waals surface area contributed by atoms with Gasteiger partial charge in [-0.15, -0.1) is 12.4 Å². The summed E-state index contributed by atoms with van der Waals surface area (Å²) in [4.78, 5) is 14.2. The third-order valence-electron chi connectivity index (χ3n) is 7.12. The Labute approximate surface area is 204 Å². The minimum absolute atomic E-state index is 0. The number of methoxy groups -OCH3 is 1. The predicted molar refractivity (Wildman–Crippen MR) is 130 cm³/mol. The van der Waals surface area contributed by atoms with Gasteiger partial charge in [-0.25, -0.2) is 4.39 Å². The zero-order valence-electron chi connectivity index (χ0n) is 19.5. The van der Waals surface area contributed by atoms with Gasteiger partial charge in [-0.1, -0.05) is 5.16 Å². The summed E-state index contributed by atoms with van der Waals surface area (Å²) < 4.78 is 30.3. The minimum Gasteiger partial charge on any atom is -0.493 e. The summed E-state index contributed by atoms with van der Waals surface area (Å²) in [6, 6.07) is 11.1. The molecular formula is C26H30ClFN2O4. The molecule has 0 saturated carbocycles. The molecule has 3 heterocycles. The molecule has 2 bridgehead atoms. The van der Waals surface area contributed by atoms with Gasteiger partial charge in [-0.05, 0) is 69.4 Å². The molecule has 34 heavy (non-hydrogen) atoms. The van der Waals surface area contributed by atoms with Crippen LogP contribution in [0.25, 0.3) is 11.0 Å². The third kappa shape index (κ3) is 4.77. The number of hydrogen-bond acceptors (Lipinski definition) is 6. The van der Waals surface area contributed by atoms with Gasteiger partial charge >= 0.3 is 0 Å². The van der Waals surface area contributed by atoms with Gasteiger partial charge < -0.3 is 14.0 Å². The first-order valence-electron chi connectivity index (χ1n) is 11.7. The maximum absolute atomic E-state index is 13.5. The number of aromatic nitrogens is 1. The molecule has 2 atom stereocenters. The van der Waals surface area contributed by atoms with Crippen molar-refractivity contribution in [2.75, 3.05) is 20.3 Å². The number of piperidine rings is 1. The zero-order valence-corrected chi connectivity index (χ0v) is 20.3. The van der Waals surface area contributed by atoms with Crippen LogP contribution >= 0.6 is 12.4 Å². The summed E-state index contributed by atoms with van der Waals surface area (Å²) in [7, 11) is 1.59. The number of rotatable bonds is 8. The van der Waals surface area contributed by atoms with E-state index in [1.807, 2.05) is 0 Å². The first-order valence-corrected chi connectivity index (χ1v) is 11.7. The Morgan fingerprint density at radius 3 is 2.62 bits per heavy atom. The quantitative estimate of drug-likeness (QED) is 0.296. The zero-order chi connectivity index (χ0) is 22.9. The van der Waals surface area contributed by atoms with Gasteiger partial charge in [0.25, 0.3) is 0 Å². The highest BCUT2D eigenvalue weighted by Crippen LogP contribution is 2.44. The van der Waals surface area contributed by atoms with Crippen molar-refractivity contribution >= 4 is 29.2 Å². The molecule has 5 rings (SSSR count). The van der Waals surface area contributed by atoms with Crippen LogP contribution in [0.2, 0.25) is 0 Å². The number of Topliss-reactive ketones (excluding diaryl/α,β-unsaturated/α-hetero) is 1. The number of ether oxygens (including phenoxy) is 2. The molecule has 2 aliphatic heterocycles. The van der Waals surface area contributed by atoms with Gasteiger partial charge in [0.1, 0.15) is 5.82 Å². The van der Waals surface area contributed by atoms with Gasteiger partial charge in [-0.3, -0.25) is 9.69 Å². The average molecular weight is 489 g/mol. The maximum atomic E-state index is 13.5. The second-order valence-electron chi connectivity index (χ2n) is 9.12. The Kier molecular flexibility index (Phi) is 7.43. The van der Waals surface area contributed by atoms with E-state index in [-0.39, 0.29) is 24.0 Å². The van der Waals surface area contributed by atoms with Crippen molar-refractivity contribution in [2.24, 2.45) is 0 Å². The molecule has 182 valence electrons. The number of benzene rings is 2. The van der Waals surface area contributed by atoms with Crippen LogP contribution in [-0.4, -0.2) is 48.2 Å². The molecule has 0 spiro atoms. The van der Waals surface area contributed by atoms with E-state index in [0.29, 0.717) is 47.3 Å². The second kappa shape index (κ2) is 10.3. The van der Waals surface area contributed by atoms with Crippen molar-refractivity contribution in [2.45, 2.75) is 57.0 Å². The lowest BCUT2D eigenvalue weighted by Crippen LogP contribution is -2.43. The minimum atomic E-state index is -0.297. The van der Waals surface area contributed by atoms with Crippen LogP contribution in [0.1, 0.15) is 61.0 Å². The van der Waals surface area contributed by atoms with Crippen LogP contribution in [0.15, 0.2) is 40.9 Å². The van der Waals surface area contributed by atoms with Crippen LogP contribution in [0, 0.1) is 5.82 Å². The van der Waals surface area contributed by atoms with Crippen molar-refractivity contribution in [3.8, 4) is 11.5 Å². The summed E-state index contributed by atoms with van der Waals surface area (Å²) in [5.74, 6) is 1.31. The van der Waals surface area contributed by atoms with Crippen LogP contribution in [0.5, 0.6) is 11.5 Å². The lowest BCUT2D eigenvalue weighted by Gasteiger charge is -2.38. The number of hydrogen-bond donors (Lipinski definition) is 0. The molecule has 6 nitrogen and oxygen atoms in total. The normalized spacial score (nSPS) is 21.9. The Morgan fingerprint density at radius 1 is 1.15 bits per heavy atom. The van der Waals surface area contributed by atoms with Crippen LogP contribution in [0.4, 0.5) is 4.39 Å². The summed E-state index contributed by atoms with van der Waals surface area (Å²) in [5.41, 5.74) is 2.12. The highest BCUT2D eigenvalue weighted by Gasteiger charge is 2.41. The molecule has 0 aliphatic carbocycles. The fraction of sp³-hybridized carbons (Fsp3) is 0.462. The molecule has 2 aliphatic rings. The molecule has 0 N–H and O–H groups in total. The lowest BCUT2D eigenvalue weighted by atomic mass is 9.86. The Hall–Kier alpha value is -2.64. The fourth-order valence-electron chi connectivity index (χ4n) is 5.52. The number of carbonyl (C=O) groups excluding carboxylic acids is 1. The molecule has 0 radical (unpaired) electrons. The maximum Gasteiger partial charge on any atom is 0.170 e. The smallest absolute Gasteiger partial charge is 0.170 e. The van der Waals surface area contributed by atoms with Gasteiger partial charge in [0, 0.05) is 41.6 Å². The predicted octanol–water partition coefficient (Wildman–Crippen LogP) is 5.78. The highest BCUT2D eigenvalue weighted by atomic mass is 35.5. The van der Waals surface area contributed by atoms with Crippen molar-refractivity contribution in [1.82, 2.24) is 10.1 Å². The number of halogens is 2. The first-order chi connectivity index (χ1) is 16.0. The third-order valence-corrected chi connectivity index (χ3v) is 7.12. The number of ketones is 1. The van der Waals surface area contributed by atoms with Gasteiger partial charge in [0.15, 0.2) is 22.9 Å². The van der Waals surface area contributed by atoms with E-state index in [4.69, 9.17) is 14.0 Å². The topological polar surface area (TPSA) is 64.8 Å². The van der Waals surface area contributed by atoms with Crippen molar-refractivity contribution < 1.29 is 23.2 Å². The van der Waals surface area contributed by atoms with E-state index in [1.165, 1.54) is 31.9 Å². The average Bonchev–Trinajstić information content (AvgIpc) is 3.33. The molecule has 2 unspecified atom stereocenters. The van der Waals surface area contributed by atoms with Crippen molar-refractivity contribution in [1.29, 1.82) is 0 Å². The van der Waals surface area contributed by atoms with Gasteiger partial charge in [-0.2, -0.15) is 0 Å². The molecule has 2 aromatic carbocycles. The van der Waals surface area contributed by atoms with Crippen molar-refractivity contribution in [3.63, 3.8) is 0 Å². The summed E-state index contributed by atoms with van der Waals surface area (Å²) in [6.07, 6.45) is 5.42. The summed E-state index contributed by atoms with van der Waals surface area (Å²) in [5, 5.41) is 5.25. The van der Waals surface area contributed by atoms with Crippen LogP contribution < -0.4 is 9.47 Å². The van der Waals surface area contributed by atoms with E-state index >= 15 is 0 Å². The molecule has 2 saturated heterocycles. The molecule has 2 fully saturated rings. The van der Waals surface area contributed by atoms with Crippen molar-refractivity contribution in [3.05, 3.63) is 53.5 Å². The number of nitrogens with zero attached hydrogens (tertiary/aromatic N) is 2.